The maximum absolute atomic E-state index is 14.1. The Bertz CT molecular complexity index is 495. The lowest BCUT2D eigenvalue weighted by molar-refractivity contribution is -0.149. The summed E-state index contributed by atoms with van der Waals surface area (Å²) in [5.74, 6) is -2.25. The van der Waals surface area contributed by atoms with Crippen LogP contribution in [-0.2, 0) is 0 Å². The van der Waals surface area contributed by atoms with Crippen LogP contribution in [0.3, 0.4) is 0 Å². The highest BCUT2D eigenvalue weighted by atomic mass is 19.4. The van der Waals surface area contributed by atoms with Crippen molar-refractivity contribution in [3.8, 4) is 0 Å². The van der Waals surface area contributed by atoms with Crippen LogP contribution >= 0.6 is 0 Å². The zero-order valence-corrected chi connectivity index (χ0v) is 11.6. The second-order valence-electron chi connectivity index (χ2n) is 5.22. The molecule has 1 aliphatic rings. The summed E-state index contributed by atoms with van der Waals surface area (Å²) >= 11 is 0. The van der Waals surface area contributed by atoms with Gasteiger partial charge in [0.1, 0.15) is 0 Å². The topological polar surface area (TPSA) is 15.3 Å². The lowest BCUT2D eigenvalue weighted by atomic mass is 9.98. The van der Waals surface area contributed by atoms with Crippen LogP contribution in [0.5, 0.6) is 0 Å². The fraction of sp³-hybridized carbons (Fsp3) is 0.571. The Hall–Kier alpha value is -1.21. The summed E-state index contributed by atoms with van der Waals surface area (Å²) in [5.41, 5.74) is -0.139. The molecule has 7 heteroatoms. The summed E-state index contributed by atoms with van der Waals surface area (Å²) < 4.78 is 66.1. The molecule has 0 bridgehead atoms. The molecule has 21 heavy (non-hydrogen) atoms. The Kier molecular flexibility index (Phi) is 4.83. The molecule has 118 valence electrons. The Labute approximate surface area is 119 Å². The maximum atomic E-state index is 14.1. The molecule has 0 saturated carbocycles. The van der Waals surface area contributed by atoms with Gasteiger partial charge in [-0.2, -0.15) is 13.2 Å². The molecule has 1 N–H and O–H groups in total. The highest BCUT2D eigenvalue weighted by Gasteiger charge is 2.37. The molecule has 1 heterocycles. The van der Waals surface area contributed by atoms with Crippen molar-refractivity contribution in [3.05, 3.63) is 34.9 Å². The van der Waals surface area contributed by atoms with Crippen molar-refractivity contribution in [1.29, 1.82) is 0 Å². The van der Waals surface area contributed by atoms with Crippen molar-refractivity contribution in [3.63, 3.8) is 0 Å². The van der Waals surface area contributed by atoms with Crippen LogP contribution in [0.4, 0.5) is 22.0 Å². The number of halogens is 5. The van der Waals surface area contributed by atoms with Gasteiger partial charge in [0.2, 0.25) is 0 Å². The van der Waals surface area contributed by atoms with Gasteiger partial charge in [0.25, 0.3) is 0 Å². The van der Waals surface area contributed by atoms with E-state index < -0.39 is 30.3 Å². The molecule has 1 fully saturated rings. The Balaban J connectivity index is 2.36. The quantitative estimate of drug-likeness (QED) is 0.863. The zero-order chi connectivity index (χ0) is 15.6. The standard InChI is InChI=1S/C14H17F5N2/c1-9-2-3-10(13(16)12(9)15)11(8-14(17,18)19)21-6-4-20-5-7-21/h2-3,11,20H,4-8H2,1H3/t11-/m1/s1. The Morgan fingerprint density at radius 2 is 1.76 bits per heavy atom. The molecule has 0 unspecified atom stereocenters. The number of nitrogens with zero attached hydrogens (tertiary/aromatic N) is 1. The van der Waals surface area contributed by atoms with Gasteiger partial charge >= 0.3 is 6.18 Å². The Morgan fingerprint density at radius 3 is 2.33 bits per heavy atom. The van der Waals surface area contributed by atoms with E-state index in [-0.39, 0.29) is 11.1 Å². The van der Waals surface area contributed by atoms with Crippen LogP contribution in [0.1, 0.15) is 23.6 Å². The monoisotopic (exact) mass is 308 g/mol. The van der Waals surface area contributed by atoms with Crippen molar-refractivity contribution in [2.24, 2.45) is 0 Å². The normalized spacial score (nSPS) is 18.8. The number of hydrogen-bond acceptors (Lipinski definition) is 2. The molecular weight excluding hydrogens is 291 g/mol. The summed E-state index contributed by atoms with van der Waals surface area (Å²) in [4.78, 5) is 1.55. The number of piperazine rings is 1. The van der Waals surface area contributed by atoms with Gasteiger partial charge in [-0.15, -0.1) is 0 Å². The lowest BCUT2D eigenvalue weighted by Gasteiger charge is -2.35. The molecule has 0 aliphatic carbocycles. The number of aryl methyl sites for hydroxylation is 1. The highest BCUT2D eigenvalue weighted by Crippen LogP contribution is 2.36. The van der Waals surface area contributed by atoms with E-state index in [1.807, 2.05) is 0 Å². The number of nitrogens with one attached hydrogen (secondary N) is 1. The predicted octanol–water partition coefficient (Wildman–Crippen LogP) is 3.17. The summed E-state index contributed by atoms with van der Waals surface area (Å²) in [7, 11) is 0. The second-order valence-corrected chi connectivity index (χ2v) is 5.22. The second kappa shape index (κ2) is 6.27. The number of benzene rings is 1. The molecular formula is C14H17F5N2. The summed E-state index contributed by atoms with van der Waals surface area (Å²) in [6.07, 6.45) is -5.63. The van der Waals surface area contributed by atoms with E-state index >= 15 is 0 Å². The van der Waals surface area contributed by atoms with E-state index in [1.165, 1.54) is 19.1 Å². The molecule has 0 amide bonds. The van der Waals surface area contributed by atoms with Crippen LogP contribution in [-0.4, -0.2) is 37.3 Å². The Morgan fingerprint density at radius 1 is 1.14 bits per heavy atom. The minimum absolute atomic E-state index is 0.0855. The van der Waals surface area contributed by atoms with E-state index in [0.29, 0.717) is 26.2 Å². The highest BCUT2D eigenvalue weighted by molar-refractivity contribution is 5.28. The van der Waals surface area contributed by atoms with Gasteiger partial charge in [-0.3, -0.25) is 4.90 Å². The molecule has 2 nitrogen and oxygen atoms in total. The van der Waals surface area contributed by atoms with Gasteiger partial charge < -0.3 is 5.32 Å². The first kappa shape index (κ1) is 16.2. The van der Waals surface area contributed by atoms with Gasteiger partial charge in [-0.25, -0.2) is 8.78 Å². The van der Waals surface area contributed by atoms with Crippen molar-refractivity contribution in [2.75, 3.05) is 26.2 Å². The predicted molar refractivity (Wildman–Crippen MR) is 69.0 cm³/mol. The third-order valence-corrected chi connectivity index (χ3v) is 3.68. The van der Waals surface area contributed by atoms with E-state index in [4.69, 9.17) is 0 Å². The van der Waals surface area contributed by atoms with Crippen molar-refractivity contribution < 1.29 is 22.0 Å². The average Bonchev–Trinajstić information content (AvgIpc) is 2.43. The number of hydrogen-bond donors (Lipinski definition) is 1. The van der Waals surface area contributed by atoms with Crippen LogP contribution in [0.2, 0.25) is 0 Å². The van der Waals surface area contributed by atoms with Gasteiger partial charge in [0.05, 0.1) is 6.42 Å². The molecule has 0 aromatic heterocycles. The molecule has 0 spiro atoms. The van der Waals surface area contributed by atoms with E-state index in [9.17, 15) is 22.0 Å². The van der Waals surface area contributed by atoms with Crippen molar-refractivity contribution in [2.45, 2.75) is 25.6 Å². The summed E-state index contributed by atoms with van der Waals surface area (Å²) in [6.45, 7) is 3.19. The van der Waals surface area contributed by atoms with E-state index in [2.05, 4.69) is 5.32 Å². The average molecular weight is 308 g/mol. The lowest BCUT2D eigenvalue weighted by Crippen LogP contribution is -2.46. The SMILES string of the molecule is Cc1ccc([C@@H](CC(F)(F)F)N2CCNCC2)c(F)c1F. The molecule has 0 radical (unpaired) electrons. The molecule has 1 aromatic rings. The first-order valence-electron chi connectivity index (χ1n) is 6.75. The van der Waals surface area contributed by atoms with Gasteiger partial charge in [-0.05, 0) is 12.5 Å². The zero-order valence-electron chi connectivity index (χ0n) is 11.6. The third-order valence-electron chi connectivity index (χ3n) is 3.68. The summed E-state index contributed by atoms with van der Waals surface area (Å²) in [5, 5.41) is 3.03. The van der Waals surface area contributed by atoms with E-state index in [0.717, 1.165) is 0 Å². The van der Waals surface area contributed by atoms with Crippen LogP contribution in [0.25, 0.3) is 0 Å². The smallest absolute Gasteiger partial charge is 0.314 e. The molecule has 1 atom stereocenters. The number of rotatable bonds is 3. The maximum Gasteiger partial charge on any atom is 0.390 e. The molecule has 1 aliphatic heterocycles. The van der Waals surface area contributed by atoms with Crippen LogP contribution in [0.15, 0.2) is 12.1 Å². The van der Waals surface area contributed by atoms with Gasteiger partial charge in [0.15, 0.2) is 11.6 Å². The first-order valence-corrected chi connectivity index (χ1v) is 6.75. The minimum atomic E-state index is -4.44. The van der Waals surface area contributed by atoms with Gasteiger partial charge in [-0.1, -0.05) is 12.1 Å². The van der Waals surface area contributed by atoms with Crippen LogP contribution < -0.4 is 5.32 Å². The molecule has 1 saturated heterocycles. The van der Waals surface area contributed by atoms with Crippen LogP contribution in [0, 0.1) is 18.6 Å². The molecule has 2 rings (SSSR count). The third kappa shape index (κ3) is 3.91. The minimum Gasteiger partial charge on any atom is -0.314 e. The van der Waals surface area contributed by atoms with E-state index in [1.54, 1.807) is 4.90 Å². The fourth-order valence-corrected chi connectivity index (χ4v) is 2.57. The van der Waals surface area contributed by atoms with Crippen molar-refractivity contribution >= 4 is 0 Å². The molecule has 1 aromatic carbocycles. The first-order chi connectivity index (χ1) is 9.79. The largest absolute Gasteiger partial charge is 0.390 e. The van der Waals surface area contributed by atoms with Gasteiger partial charge in [0, 0.05) is 37.8 Å². The van der Waals surface area contributed by atoms with Crippen molar-refractivity contribution in [1.82, 2.24) is 10.2 Å². The summed E-state index contributed by atoms with van der Waals surface area (Å²) in [6, 6.07) is 1.38. The fourth-order valence-electron chi connectivity index (χ4n) is 2.57. The number of alkyl halides is 3.